The molecule has 0 amide bonds. The van der Waals surface area contributed by atoms with E-state index in [-0.39, 0.29) is 0 Å². The maximum Gasteiger partial charge on any atom is 0.248 e. The van der Waals surface area contributed by atoms with Gasteiger partial charge in [0, 0.05) is 0 Å². The lowest BCUT2D eigenvalue weighted by molar-refractivity contribution is -0.696. The summed E-state index contributed by atoms with van der Waals surface area (Å²) in [6.07, 6.45) is 7.54. The zero-order chi connectivity index (χ0) is 10.7. The van der Waals surface area contributed by atoms with E-state index in [1.807, 2.05) is 0 Å². The summed E-state index contributed by atoms with van der Waals surface area (Å²) in [5.41, 5.74) is 2.56. The quantitative estimate of drug-likeness (QED) is 0.675. The summed E-state index contributed by atoms with van der Waals surface area (Å²) in [7, 11) is 0. The van der Waals surface area contributed by atoms with Crippen molar-refractivity contribution in [3.63, 3.8) is 0 Å². The van der Waals surface area contributed by atoms with Crippen LogP contribution < -0.4 is 4.57 Å². The SMILES string of the molecule is CCC[n+]1ccn(-c2ccccc2C)c1. The molecule has 0 aliphatic carbocycles. The molecule has 0 N–H and O–H groups in total. The normalized spacial score (nSPS) is 10.5. The first-order chi connectivity index (χ1) is 7.31. The number of aromatic nitrogens is 2. The van der Waals surface area contributed by atoms with E-state index in [0.717, 1.165) is 6.54 Å². The number of aryl methyl sites for hydroxylation is 2. The number of para-hydroxylation sites is 1. The Morgan fingerprint density at radius 2 is 2.07 bits per heavy atom. The minimum absolute atomic E-state index is 1.08. The number of hydrogen-bond acceptors (Lipinski definition) is 0. The predicted molar refractivity (Wildman–Crippen MR) is 61.0 cm³/mol. The van der Waals surface area contributed by atoms with Crippen LogP contribution in [0, 0.1) is 6.92 Å². The smallest absolute Gasteiger partial charge is 0.236 e. The lowest BCUT2D eigenvalue weighted by atomic mass is 10.2. The number of rotatable bonds is 3. The van der Waals surface area contributed by atoms with Crippen LogP contribution in [0.5, 0.6) is 0 Å². The fourth-order valence-electron chi connectivity index (χ4n) is 1.78. The zero-order valence-electron chi connectivity index (χ0n) is 9.35. The molecule has 0 saturated carbocycles. The van der Waals surface area contributed by atoms with Crippen molar-refractivity contribution in [1.82, 2.24) is 4.57 Å². The Kier molecular flexibility index (Phi) is 2.86. The van der Waals surface area contributed by atoms with E-state index in [0.29, 0.717) is 0 Å². The average molecular weight is 201 g/mol. The van der Waals surface area contributed by atoms with Crippen molar-refractivity contribution in [2.45, 2.75) is 26.8 Å². The van der Waals surface area contributed by atoms with E-state index >= 15 is 0 Å². The van der Waals surface area contributed by atoms with Crippen molar-refractivity contribution in [2.75, 3.05) is 0 Å². The molecule has 0 unspecified atom stereocenters. The van der Waals surface area contributed by atoms with Crippen LogP contribution in [0.15, 0.2) is 43.0 Å². The molecule has 1 heterocycles. The van der Waals surface area contributed by atoms with E-state index < -0.39 is 0 Å². The molecule has 0 aliphatic heterocycles. The van der Waals surface area contributed by atoms with Crippen molar-refractivity contribution in [3.8, 4) is 5.69 Å². The summed E-state index contributed by atoms with van der Waals surface area (Å²) in [5.74, 6) is 0. The van der Waals surface area contributed by atoms with Gasteiger partial charge in [-0.2, -0.15) is 0 Å². The van der Waals surface area contributed by atoms with E-state index in [1.54, 1.807) is 0 Å². The molecular formula is C13H17N2+. The van der Waals surface area contributed by atoms with Crippen LogP contribution in [-0.4, -0.2) is 4.57 Å². The highest BCUT2D eigenvalue weighted by Crippen LogP contribution is 2.11. The first-order valence-corrected chi connectivity index (χ1v) is 5.44. The van der Waals surface area contributed by atoms with Gasteiger partial charge in [-0.05, 0) is 25.0 Å². The van der Waals surface area contributed by atoms with Gasteiger partial charge in [-0.1, -0.05) is 25.1 Å². The zero-order valence-corrected chi connectivity index (χ0v) is 9.35. The van der Waals surface area contributed by atoms with E-state index in [9.17, 15) is 0 Å². The first kappa shape index (κ1) is 9.97. The number of nitrogens with zero attached hydrogens (tertiary/aromatic N) is 2. The monoisotopic (exact) mass is 201 g/mol. The summed E-state index contributed by atoms with van der Waals surface area (Å²) in [6, 6.07) is 8.43. The standard InChI is InChI=1S/C13H17N2/c1-3-8-14-9-10-15(11-14)13-7-5-4-6-12(13)2/h4-7,9-11H,3,8H2,1-2H3/q+1. The van der Waals surface area contributed by atoms with Crippen LogP contribution in [0.1, 0.15) is 18.9 Å². The third-order valence-corrected chi connectivity index (χ3v) is 2.57. The Balaban J connectivity index is 2.33. The average Bonchev–Trinajstić information content (AvgIpc) is 2.68. The summed E-state index contributed by atoms with van der Waals surface area (Å²) in [6.45, 7) is 5.41. The van der Waals surface area contributed by atoms with Gasteiger partial charge in [-0.15, -0.1) is 0 Å². The summed E-state index contributed by atoms with van der Waals surface area (Å²) in [4.78, 5) is 0. The van der Waals surface area contributed by atoms with E-state index in [1.165, 1.54) is 17.7 Å². The van der Waals surface area contributed by atoms with Crippen LogP contribution in [-0.2, 0) is 6.54 Å². The number of benzene rings is 1. The highest BCUT2D eigenvalue weighted by atomic mass is 15.1. The molecule has 2 aromatic rings. The second kappa shape index (κ2) is 4.30. The maximum atomic E-state index is 2.21. The van der Waals surface area contributed by atoms with E-state index in [2.05, 4.69) is 66.0 Å². The van der Waals surface area contributed by atoms with Gasteiger partial charge in [0.1, 0.15) is 18.1 Å². The highest BCUT2D eigenvalue weighted by Gasteiger charge is 2.07. The lowest BCUT2D eigenvalue weighted by Crippen LogP contribution is -2.30. The maximum absolute atomic E-state index is 2.21. The van der Waals surface area contributed by atoms with Gasteiger partial charge in [0.25, 0.3) is 0 Å². The Morgan fingerprint density at radius 1 is 1.27 bits per heavy atom. The lowest BCUT2D eigenvalue weighted by Gasteiger charge is -1.99. The van der Waals surface area contributed by atoms with Crippen LogP contribution in [0.25, 0.3) is 5.69 Å². The van der Waals surface area contributed by atoms with Crippen molar-refractivity contribution in [3.05, 3.63) is 48.5 Å². The van der Waals surface area contributed by atoms with Gasteiger partial charge in [0.2, 0.25) is 6.33 Å². The summed E-state index contributed by atoms with van der Waals surface area (Å²) >= 11 is 0. The molecule has 1 aromatic carbocycles. The summed E-state index contributed by atoms with van der Waals surface area (Å²) < 4.78 is 4.39. The van der Waals surface area contributed by atoms with Crippen LogP contribution in [0.3, 0.4) is 0 Å². The molecule has 0 saturated heterocycles. The van der Waals surface area contributed by atoms with Crippen LogP contribution in [0.2, 0.25) is 0 Å². The Labute approximate surface area is 90.8 Å². The van der Waals surface area contributed by atoms with Gasteiger partial charge >= 0.3 is 0 Å². The topological polar surface area (TPSA) is 8.81 Å². The predicted octanol–water partition coefficient (Wildman–Crippen LogP) is 2.48. The molecule has 2 heteroatoms. The van der Waals surface area contributed by atoms with Crippen molar-refractivity contribution in [1.29, 1.82) is 0 Å². The molecule has 0 fully saturated rings. The molecule has 2 nitrogen and oxygen atoms in total. The number of hydrogen-bond donors (Lipinski definition) is 0. The molecule has 0 aliphatic rings. The van der Waals surface area contributed by atoms with Crippen LogP contribution >= 0.6 is 0 Å². The minimum atomic E-state index is 1.08. The van der Waals surface area contributed by atoms with Crippen LogP contribution in [0.4, 0.5) is 0 Å². The van der Waals surface area contributed by atoms with Gasteiger partial charge in [-0.25, -0.2) is 9.13 Å². The molecule has 0 bridgehead atoms. The Hall–Kier alpha value is -1.57. The second-order valence-electron chi connectivity index (χ2n) is 3.85. The van der Waals surface area contributed by atoms with E-state index in [4.69, 9.17) is 0 Å². The molecule has 2 rings (SSSR count). The fraction of sp³-hybridized carbons (Fsp3) is 0.308. The molecule has 0 radical (unpaired) electrons. The Morgan fingerprint density at radius 3 is 2.80 bits per heavy atom. The van der Waals surface area contributed by atoms with Crippen molar-refractivity contribution < 1.29 is 4.57 Å². The van der Waals surface area contributed by atoms with Gasteiger partial charge in [-0.3, -0.25) is 0 Å². The molecule has 0 spiro atoms. The fourth-order valence-corrected chi connectivity index (χ4v) is 1.78. The van der Waals surface area contributed by atoms with Crippen molar-refractivity contribution in [2.24, 2.45) is 0 Å². The minimum Gasteiger partial charge on any atom is -0.236 e. The second-order valence-corrected chi connectivity index (χ2v) is 3.85. The largest absolute Gasteiger partial charge is 0.248 e. The van der Waals surface area contributed by atoms with Gasteiger partial charge in [0.15, 0.2) is 0 Å². The third-order valence-electron chi connectivity index (χ3n) is 2.57. The highest BCUT2D eigenvalue weighted by molar-refractivity contribution is 5.39. The molecule has 78 valence electrons. The van der Waals surface area contributed by atoms with Gasteiger partial charge < -0.3 is 0 Å². The number of imidazole rings is 1. The molecule has 1 aromatic heterocycles. The summed E-state index contributed by atoms with van der Waals surface area (Å²) in [5, 5.41) is 0. The Bertz CT molecular complexity index is 443. The molecule has 0 atom stereocenters. The van der Waals surface area contributed by atoms with Crippen molar-refractivity contribution >= 4 is 0 Å². The van der Waals surface area contributed by atoms with Gasteiger partial charge in [0.05, 0.1) is 6.54 Å². The third kappa shape index (κ3) is 2.09. The first-order valence-electron chi connectivity index (χ1n) is 5.44. The molecular weight excluding hydrogens is 184 g/mol. The molecule has 15 heavy (non-hydrogen) atoms.